The lowest BCUT2D eigenvalue weighted by Crippen LogP contribution is -2.71. The van der Waals surface area contributed by atoms with E-state index >= 15 is 0 Å². The van der Waals surface area contributed by atoms with Crippen LogP contribution in [0.5, 0.6) is 11.5 Å². The molecule has 6 atom stereocenters. The van der Waals surface area contributed by atoms with Gasteiger partial charge in [0.1, 0.15) is 29.2 Å². The number of phenolic OH excluding ortho intramolecular Hbond substituents is 2. The number of hydrogen-bond acceptors (Lipinski definition) is 13. The number of carboxylic acids is 1. The zero-order chi connectivity index (χ0) is 39.5. The van der Waals surface area contributed by atoms with Crippen LogP contribution in [0.25, 0.3) is 0 Å². The molecule has 6 rings (SSSR count). The predicted octanol–water partition coefficient (Wildman–Crippen LogP) is 2.16. The van der Waals surface area contributed by atoms with Gasteiger partial charge in [0, 0.05) is 48.4 Å². The van der Waals surface area contributed by atoms with Crippen molar-refractivity contribution in [2.24, 2.45) is 5.16 Å². The van der Waals surface area contributed by atoms with Gasteiger partial charge in [-0.1, -0.05) is 5.16 Å². The van der Waals surface area contributed by atoms with Gasteiger partial charge >= 0.3 is 12.1 Å². The van der Waals surface area contributed by atoms with Crippen LogP contribution in [0, 0.1) is 0 Å². The number of aldehydes is 1. The Morgan fingerprint density at radius 2 is 1.83 bits per heavy atom. The topological polar surface area (TPSA) is 234 Å². The molecule has 1 aromatic heterocycles. The number of oxime groups is 1. The highest BCUT2D eigenvalue weighted by Gasteiger charge is 2.56. The number of carbonyl (C=O) groups excluding carboxylic acids is 4. The van der Waals surface area contributed by atoms with E-state index in [9.17, 15) is 52.5 Å². The summed E-state index contributed by atoms with van der Waals surface area (Å²) in [6.07, 6.45) is -2.09. The summed E-state index contributed by atoms with van der Waals surface area (Å²) in [7, 11) is 2.02. The lowest BCUT2D eigenvalue weighted by atomic mass is 9.92. The number of β-lactam (4-membered cyclic amide) rings is 1. The summed E-state index contributed by atoms with van der Waals surface area (Å²) in [6, 6.07) is 0.0589. The molecular weight excluding hydrogens is 760 g/mol. The van der Waals surface area contributed by atoms with Gasteiger partial charge in [0.05, 0.1) is 30.4 Å². The van der Waals surface area contributed by atoms with E-state index in [0.717, 1.165) is 36.3 Å². The highest BCUT2D eigenvalue weighted by molar-refractivity contribution is 8.00. The summed E-state index contributed by atoms with van der Waals surface area (Å²) in [5.41, 5.74) is 2.02. The number of phenols is 2. The normalized spacial score (nSPS) is 26.9. The first-order valence-corrected chi connectivity index (χ1v) is 18.6. The number of anilines is 1. The van der Waals surface area contributed by atoms with E-state index in [0.29, 0.717) is 41.5 Å². The number of aromatic hydroxyl groups is 2. The molecule has 3 amide bonds. The molecule has 4 aliphatic rings. The highest BCUT2D eigenvalue weighted by Crippen LogP contribution is 2.46. The summed E-state index contributed by atoms with van der Waals surface area (Å²) >= 11 is 2.35. The minimum Gasteiger partial charge on any atom is -0.504 e. The number of aromatic nitrogens is 1. The Morgan fingerprint density at radius 3 is 2.41 bits per heavy atom. The maximum absolute atomic E-state index is 13.7. The zero-order valence-electron chi connectivity index (χ0n) is 29.0. The third kappa shape index (κ3) is 6.94. The number of alkyl halides is 3. The lowest BCUT2D eigenvalue weighted by molar-refractivity contribution is -0.944. The minimum atomic E-state index is -5.09. The molecule has 0 unspecified atom stereocenters. The first-order chi connectivity index (χ1) is 25.3. The summed E-state index contributed by atoms with van der Waals surface area (Å²) < 4.78 is 41.7. The third-order valence-corrected chi connectivity index (χ3v) is 12.5. The van der Waals surface area contributed by atoms with Crippen LogP contribution in [-0.2, 0) is 30.2 Å². The Bertz CT molecular complexity index is 1970. The summed E-state index contributed by atoms with van der Waals surface area (Å²) in [5.74, 6) is -5.85. The van der Waals surface area contributed by atoms with Gasteiger partial charge in [0.25, 0.3) is 17.7 Å². The number of nitrogens with one attached hydrogen (secondary N) is 2. The Hall–Kier alpha value is -4.89. The van der Waals surface area contributed by atoms with Crippen LogP contribution in [0.4, 0.5) is 18.3 Å². The molecular formula is C33H37F3N7O9S2+. The van der Waals surface area contributed by atoms with E-state index in [1.165, 1.54) is 35.9 Å². The van der Waals surface area contributed by atoms with Gasteiger partial charge < -0.3 is 41.0 Å². The number of nitrogens with zero attached hydrogens (tertiary/aromatic N) is 4. The number of rotatable bonds is 11. The Labute approximate surface area is 313 Å². The number of carboxylic acid groups (broad SMARTS) is 1. The van der Waals surface area contributed by atoms with Crippen molar-refractivity contribution in [1.82, 2.24) is 20.5 Å². The number of allylic oxidation sites excluding steroid dienone is 1. The maximum atomic E-state index is 13.7. The molecule has 5 heterocycles. The van der Waals surface area contributed by atoms with E-state index < -0.39 is 81.3 Å². The number of nitrogens with two attached hydrogens (primary N) is 1. The van der Waals surface area contributed by atoms with Gasteiger partial charge in [-0.3, -0.25) is 24.1 Å². The van der Waals surface area contributed by atoms with Crippen molar-refractivity contribution >= 4 is 63.9 Å². The molecule has 16 nitrogen and oxygen atoms in total. The SMILES string of the molecule is CC(C)(O/N=C(\C(=O)N[C@@H]1C(=O)N2C(C=O)=C(C[N@+]3(C)[C@@H]4CC[C@H]3C[C@@H](NC(=O)c3ccc(O)c(O)c3C(F)(F)F)C4)CS[C@H]12)c1csc(N)n1)C(=O)O. The van der Waals surface area contributed by atoms with Crippen LogP contribution in [0.3, 0.4) is 0 Å². The fourth-order valence-corrected chi connectivity index (χ4v) is 9.48. The van der Waals surface area contributed by atoms with E-state index in [-0.39, 0.29) is 28.6 Å². The van der Waals surface area contributed by atoms with Crippen LogP contribution in [-0.4, -0.2) is 120 Å². The number of thioether (sulfide) groups is 1. The fraction of sp³-hybridized carbons (Fsp3) is 0.485. The number of benzene rings is 1. The Morgan fingerprint density at radius 1 is 1.17 bits per heavy atom. The van der Waals surface area contributed by atoms with Gasteiger partial charge in [-0.15, -0.1) is 23.1 Å². The van der Waals surface area contributed by atoms with Crippen LogP contribution < -0.4 is 16.4 Å². The number of halogens is 3. The van der Waals surface area contributed by atoms with Crippen molar-refractivity contribution in [1.29, 1.82) is 0 Å². The van der Waals surface area contributed by atoms with Gasteiger partial charge in [-0.2, -0.15) is 13.2 Å². The molecule has 1 aromatic carbocycles. The molecule has 0 spiro atoms. The molecule has 3 fully saturated rings. The second-order valence-corrected chi connectivity index (χ2v) is 16.3. The average molecular weight is 797 g/mol. The van der Waals surface area contributed by atoms with Crippen LogP contribution in [0.2, 0.25) is 0 Å². The Balaban J connectivity index is 1.14. The molecule has 3 saturated heterocycles. The zero-order valence-corrected chi connectivity index (χ0v) is 30.7. The van der Waals surface area contributed by atoms with E-state index in [1.807, 2.05) is 7.05 Å². The fourth-order valence-electron chi connectivity index (χ4n) is 7.58. The number of piperidine rings is 1. The largest absolute Gasteiger partial charge is 0.504 e. The molecule has 0 radical (unpaired) electrons. The molecule has 7 N–H and O–H groups in total. The predicted molar refractivity (Wildman–Crippen MR) is 187 cm³/mol. The number of nitrogen functional groups attached to an aromatic ring is 1. The standard InChI is InChI=1S/C33H36F3N7O9S2/c1-32(2,30(50)51)52-41-23(19-13-54-31(37)39-19)27(48)40-24-28(49)42-20(11-44)14(12-53-29(24)42)10-43(3)16-4-5-17(43)9-15(8-16)38-26(47)18-6-7-21(45)25(46)22(18)33(34,35)36/h6-7,11,13,15-17,24,29H,4-5,8-10,12H2,1-3H3,(H6-,37,38,39,40,41,45,46,47,48,50,51)/p+1/t15-,16+,17-,24-,29-,43+/m1/s1. The van der Waals surface area contributed by atoms with E-state index in [2.05, 4.69) is 20.8 Å². The monoisotopic (exact) mass is 796 g/mol. The molecule has 0 saturated carbocycles. The lowest BCUT2D eigenvalue weighted by Gasteiger charge is -2.52. The highest BCUT2D eigenvalue weighted by atomic mass is 32.2. The van der Waals surface area contributed by atoms with Crippen LogP contribution in [0.1, 0.15) is 61.1 Å². The molecule has 2 bridgehead atoms. The van der Waals surface area contributed by atoms with Gasteiger partial charge in [-0.05, 0) is 26.0 Å². The maximum Gasteiger partial charge on any atom is 0.420 e. The minimum absolute atomic E-state index is 0.00696. The molecule has 21 heteroatoms. The Kier molecular flexibility index (Phi) is 10.1. The van der Waals surface area contributed by atoms with Crippen molar-refractivity contribution < 1.29 is 61.8 Å². The van der Waals surface area contributed by atoms with Crippen molar-refractivity contribution in [3.8, 4) is 11.5 Å². The number of fused-ring (bicyclic) bond motifs is 3. The van der Waals surface area contributed by atoms with Crippen LogP contribution in [0.15, 0.2) is 33.9 Å². The summed E-state index contributed by atoms with van der Waals surface area (Å²) in [5, 5.41) is 38.9. The molecule has 0 aliphatic carbocycles. The summed E-state index contributed by atoms with van der Waals surface area (Å²) in [6.45, 7) is 2.86. The quantitative estimate of drug-likeness (QED) is 0.0480. The van der Waals surface area contributed by atoms with Crippen molar-refractivity contribution in [2.45, 2.75) is 80.8 Å². The first-order valence-electron chi connectivity index (χ1n) is 16.7. The van der Waals surface area contributed by atoms with Gasteiger partial charge in [-0.25, -0.2) is 9.78 Å². The second-order valence-electron chi connectivity index (χ2n) is 14.3. The number of hydrogen-bond donors (Lipinski definition) is 6. The molecule has 290 valence electrons. The third-order valence-electron chi connectivity index (χ3n) is 10.5. The second kappa shape index (κ2) is 14.1. The summed E-state index contributed by atoms with van der Waals surface area (Å²) in [4.78, 5) is 74.6. The van der Waals surface area contributed by atoms with E-state index in [1.54, 1.807) is 0 Å². The molecule has 2 aromatic rings. The number of thiazole rings is 1. The van der Waals surface area contributed by atoms with Crippen molar-refractivity contribution in [3.63, 3.8) is 0 Å². The smallest absolute Gasteiger partial charge is 0.420 e. The van der Waals surface area contributed by atoms with Crippen molar-refractivity contribution in [2.75, 3.05) is 25.1 Å². The number of carbonyl (C=O) groups is 5. The number of aliphatic carboxylic acids is 1. The molecule has 54 heavy (non-hydrogen) atoms. The number of amides is 3. The van der Waals surface area contributed by atoms with Crippen molar-refractivity contribution in [3.05, 3.63) is 45.6 Å². The number of quaternary nitrogens is 1. The average Bonchev–Trinajstić information content (AvgIpc) is 3.56. The van der Waals surface area contributed by atoms with E-state index in [4.69, 9.17) is 10.6 Å². The van der Waals surface area contributed by atoms with Crippen LogP contribution >= 0.6 is 23.1 Å². The van der Waals surface area contributed by atoms with Gasteiger partial charge in [0.2, 0.25) is 5.60 Å². The molecule has 4 aliphatic heterocycles. The number of likely N-dealkylation sites (N-methyl/N-ethyl adjacent to an activating group) is 1. The first kappa shape index (κ1) is 38.8. The van der Waals surface area contributed by atoms with Gasteiger partial charge in [0.15, 0.2) is 28.6 Å².